The standard InChI is InChI=1S/C18H15ClN2O3S/c1-10(2)16-5-11(9-25-16)18(23)21-20-7-12-8-24-15-4-3-13(19)6-14(15)17(12)22/h3-10H,1-2H3,(H,21,23)/b20-7-. The molecule has 0 fully saturated rings. The van der Waals surface area contributed by atoms with E-state index < -0.39 is 0 Å². The van der Waals surface area contributed by atoms with Gasteiger partial charge >= 0.3 is 0 Å². The topological polar surface area (TPSA) is 71.7 Å². The van der Waals surface area contributed by atoms with Gasteiger partial charge in [0.05, 0.1) is 22.7 Å². The Hall–Kier alpha value is -2.44. The molecular formula is C18H15ClN2O3S. The van der Waals surface area contributed by atoms with Gasteiger partial charge in [0.15, 0.2) is 0 Å². The molecule has 0 aliphatic rings. The van der Waals surface area contributed by atoms with Crippen molar-refractivity contribution in [2.24, 2.45) is 5.10 Å². The van der Waals surface area contributed by atoms with Crippen LogP contribution in [-0.4, -0.2) is 12.1 Å². The average molecular weight is 375 g/mol. The molecule has 3 rings (SSSR count). The zero-order valence-electron chi connectivity index (χ0n) is 13.6. The van der Waals surface area contributed by atoms with Crippen molar-refractivity contribution in [3.63, 3.8) is 0 Å². The van der Waals surface area contributed by atoms with Crippen molar-refractivity contribution in [3.05, 3.63) is 67.2 Å². The Morgan fingerprint density at radius 1 is 1.36 bits per heavy atom. The van der Waals surface area contributed by atoms with Gasteiger partial charge in [0.1, 0.15) is 11.8 Å². The quantitative estimate of drug-likeness (QED) is 0.543. The van der Waals surface area contributed by atoms with Crippen molar-refractivity contribution in [2.75, 3.05) is 0 Å². The van der Waals surface area contributed by atoms with E-state index >= 15 is 0 Å². The van der Waals surface area contributed by atoms with Crippen LogP contribution in [0.2, 0.25) is 5.02 Å². The lowest BCUT2D eigenvalue weighted by molar-refractivity contribution is 0.0955. The van der Waals surface area contributed by atoms with Crippen molar-refractivity contribution in [2.45, 2.75) is 19.8 Å². The molecule has 0 radical (unpaired) electrons. The lowest BCUT2D eigenvalue weighted by Crippen LogP contribution is -2.18. The number of benzene rings is 1. The number of hydrazone groups is 1. The highest BCUT2D eigenvalue weighted by molar-refractivity contribution is 7.10. The molecule has 5 nitrogen and oxygen atoms in total. The summed E-state index contributed by atoms with van der Waals surface area (Å²) in [6, 6.07) is 6.65. The first-order chi connectivity index (χ1) is 12.0. The summed E-state index contributed by atoms with van der Waals surface area (Å²) in [6.07, 6.45) is 2.56. The van der Waals surface area contributed by atoms with Crippen LogP contribution in [0.15, 0.2) is 50.2 Å². The number of fused-ring (bicyclic) bond motifs is 1. The zero-order chi connectivity index (χ0) is 18.0. The highest BCUT2D eigenvalue weighted by Gasteiger charge is 2.10. The van der Waals surface area contributed by atoms with Crippen molar-refractivity contribution >= 4 is 46.0 Å². The van der Waals surface area contributed by atoms with Gasteiger partial charge in [-0.2, -0.15) is 5.10 Å². The van der Waals surface area contributed by atoms with Gasteiger partial charge in [0.25, 0.3) is 5.91 Å². The molecule has 2 heterocycles. The molecule has 0 aliphatic heterocycles. The normalized spacial score (nSPS) is 11.5. The van der Waals surface area contributed by atoms with Crippen LogP contribution in [0.4, 0.5) is 0 Å². The van der Waals surface area contributed by atoms with Gasteiger partial charge in [0.2, 0.25) is 5.43 Å². The Kier molecular flexibility index (Phi) is 5.01. The minimum absolute atomic E-state index is 0.225. The molecule has 0 aliphatic carbocycles. The molecule has 0 bridgehead atoms. The Morgan fingerprint density at radius 2 is 2.16 bits per heavy atom. The highest BCUT2D eigenvalue weighted by atomic mass is 35.5. The molecule has 128 valence electrons. The summed E-state index contributed by atoms with van der Waals surface area (Å²) >= 11 is 7.44. The second-order valence-corrected chi connectivity index (χ2v) is 7.13. The van der Waals surface area contributed by atoms with E-state index in [4.69, 9.17) is 16.0 Å². The number of thiophene rings is 1. The zero-order valence-corrected chi connectivity index (χ0v) is 15.1. The molecule has 0 saturated carbocycles. The van der Waals surface area contributed by atoms with E-state index in [1.807, 2.05) is 6.07 Å². The van der Waals surface area contributed by atoms with Crippen LogP contribution in [0.1, 0.15) is 40.6 Å². The third kappa shape index (κ3) is 3.81. The number of hydrogen-bond donors (Lipinski definition) is 1. The van der Waals surface area contributed by atoms with Crippen LogP contribution in [0.25, 0.3) is 11.0 Å². The maximum absolute atomic E-state index is 12.4. The summed E-state index contributed by atoms with van der Waals surface area (Å²) in [4.78, 5) is 25.6. The molecule has 25 heavy (non-hydrogen) atoms. The molecule has 0 atom stereocenters. The number of carbonyl (C=O) groups is 1. The van der Waals surface area contributed by atoms with Crippen molar-refractivity contribution in [1.82, 2.24) is 5.43 Å². The number of carbonyl (C=O) groups excluding carboxylic acids is 1. The molecule has 1 N–H and O–H groups in total. The fraction of sp³-hybridized carbons (Fsp3) is 0.167. The van der Waals surface area contributed by atoms with Gasteiger partial charge in [-0.1, -0.05) is 25.4 Å². The third-order valence-electron chi connectivity index (χ3n) is 3.58. The minimum atomic E-state index is -0.326. The summed E-state index contributed by atoms with van der Waals surface area (Å²) in [7, 11) is 0. The van der Waals surface area contributed by atoms with E-state index in [0.29, 0.717) is 27.5 Å². The molecule has 7 heteroatoms. The first kappa shape index (κ1) is 17.4. The van der Waals surface area contributed by atoms with Crippen LogP contribution in [0, 0.1) is 0 Å². The summed E-state index contributed by atoms with van der Waals surface area (Å²) in [5.74, 6) is 0.0386. The van der Waals surface area contributed by atoms with E-state index in [0.717, 1.165) is 4.88 Å². The van der Waals surface area contributed by atoms with Gasteiger partial charge in [-0.25, -0.2) is 5.43 Å². The number of rotatable bonds is 4. The lowest BCUT2D eigenvalue weighted by Gasteiger charge is -2.00. The average Bonchev–Trinajstić information content (AvgIpc) is 3.08. The molecule has 2 aromatic heterocycles. The molecule has 0 saturated heterocycles. The van der Waals surface area contributed by atoms with E-state index in [1.54, 1.807) is 17.5 Å². The van der Waals surface area contributed by atoms with Gasteiger partial charge in [-0.15, -0.1) is 11.3 Å². The molecule has 0 spiro atoms. The largest absolute Gasteiger partial charge is 0.463 e. The van der Waals surface area contributed by atoms with E-state index in [-0.39, 0.29) is 16.9 Å². The first-order valence-electron chi connectivity index (χ1n) is 7.58. The van der Waals surface area contributed by atoms with Crippen LogP contribution in [0.5, 0.6) is 0 Å². The maximum atomic E-state index is 12.4. The van der Waals surface area contributed by atoms with Crippen LogP contribution >= 0.6 is 22.9 Å². The van der Waals surface area contributed by atoms with Gasteiger partial charge in [0, 0.05) is 15.3 Å². The fourth-order valence-corrected chi connectivity index (χ4v) is 3.28. The summed E-state index contributed by atoms with van der Waals surface area (Å²) in [5.41, 5.74) is 3.36. The lowest BCUT2D eigenvalue weighted by atomic mass is 10.1. The maximum Gasteiger partial charge on any atom is 0.272 e. The molecular weight excluding hydrogens is 360 g/mol. The van der Waals surface area contributed by atoms with Crippen molar-refractivity contribution in [3.8, 4) is 0 Å². The Morgan fingerprint density at radius 3 is 2.88 bits per heavy atom. The number of hydrogen-bond acceptors (Lipinski definition) is 5. The predicted molar refractivity (Wildman–Crippen MR) is 101 cm³/mol. The van der Waals surface area contributed by atoms with Gasteiger partial charge in [-0.05, 0) is 30.2 Å². The smallest absolute Gasteiger partial charge is 0.272 e. The molecule has 0 unspecified atom stereocenters. The number of halogens is 1. The minimum Gasteiger partial charge on any atom is -0.463 e. The number of nitrogens with one attached hydrogen (secondary N) is 1. The van der Waals surface area contributed by atoms with Crippen LogP contribution in [-0.2, 0) is 0 Å². The van der Waals surface area contributed by atoms with E-state index in [2.05, 4.69) is 24.4 Å². The SMILES string of the molecule is CC(C)c1cc(C(=O)N/N=C\c2coc3ccc(Cl)cc3c2=O)cs1. The Balaban J connectivity index is 1.77. The van der Waals surface area contributed by atoms with Crippen LogP contribution in [0.3, 0.4) is 0 Å². The number of amides is 1. The second-order valence-electron chi connectivity index (χ2n) is 5.75. The van der Waals surface area contributed by atoms with Crippen molar-refractivity contribution < 1.29 is 9.21 Å². The molecule has 3 aromatic rings. The Bertz CT molecular complexity index is 1020. The Labute approximate surface area is 152 Å². The second kappa shape index (κ2) is 7.21. The number of nitrogens with zero attached hydrogens (tertiary/aromatic N) is 1. The van der Waals surface area contributed by atoms with E-state index in [9.17, 15) is 9.59 Å². The molecule has 1 aromatic carbocycles. The predicted octanol–water partition coefficient (Wildman–Crippen LogP) is 4.40. The van der Waals surface area contributed by atoms with Gasteiger partial charge < -0.3 is 4.42 Å². The van der Waals surface area contributed by atoms with E-state index in [1.165, 1.54) is 29.9 Å². The summed E-state index contributed by atoms with van der Waals surface area (Å²) in [6.45, 7) is 4.13. The highest BCUT2D eigenvalue weighted by Crippen LogP contribution is 2.23. The first-order valence-corrected chi connectivity index (χ1v) is 8.84. The molecule has 1 amide bonds. The summed E-state index contributed by atoms with van der Waals surface area (Å²) < 4.78 is 5.39. The van der Waals surface area contributed by atoms with Gasteiger partial charge in [-0.3, -0.25) is 9.59 Å². The van der Waals surface area contributed by atoms with Crippen molar-refractivity contribution in [1.29, 1.82) is 0 Å². The fourth-order valence-electron chi connectivity index (χ4n) is 2.21. The third-order valence-corrected chi connectivity index (χ3v) is 5.05. The summed E-state index contributed by atoms with van der Waals surface area (Å²) in [5, 5.41) is 6.44. The monoisotopic (exact) mass is 374 g/mol. The van der Waals surface area contributed by atoms with Crippen LogP contribution < -0.4 is 10.9 Å².